The molecule has 0 atom stereocenters. The second kappa shape index (κ2) is 36.8. The minimum Gasteiger partial charge on any atom is -0.513 e. The molecule has 0 radical (unpaired) electrons. The molecule has 14 nitrogen and oxygen atoms in total. The quantitative estimate of drug-likeness (QED) is 0.0863. The Morgan fingerprint density at radius 1 is 0.267 bits per heavy atom. The van der Waals surface area contributed by atoms with E-state index in [1.807, 2.05) is 197 Å². The van der Waals surface area contributed by atoms with Gasteiger partial charge in [0.2, 0.25) is 0 Å². The van der Waals surface area contributed by atoms with E-state index in [0.29, 0.717) is 5.75 Å². The van der Waals surface area contributed by atoms with Crippen molar-refractivity contribution in [3.8, 4) is 113 Å². The van der Waals surface area contributed by atoms with Crippen LogP contribution in [0.15, 0.2) is 383 Å². The summed E-state index contributed by atoms with van der Waals surface area (Å²) in [5.41, 5.74) is 22.7. The topological polar surface area (TPSA) is 122 Å². The van der Waals surface area contributed by atoms with Crippen LogP contribution < -0.4 is 19.3 Å². The number of ether oxygens (including phenoxy) is 2. The zero-order chi connectivity index (χ0) is 79.1. The van der Waals surface area contributed by atoms with E-state index in [4.69, 9.17) is 14.5 Å². The first-order chi connectivity index (χ1) is 57.5. The first kappa shape index (κ1) is 77.5. The molecule has 0 fully saturated rings. The molecule has 7 aromatic heterocycles. The Morgan fingerprint density at radius 3 is 1.18 bits per heavy atom. The van der Waals surface area contributed by atoms with Crippen molar-refractivity contribution in [3.05, 3.63) is 402 Å². The second-order valence-electron chi connectivity index (χ2n) is 26.3. The van der Waals surface area contributed by atoms with Gasteiger partial charge in [0, 0.05) is 70.4 Å². The Hall–Kier alpha value is -12.4. The van der Waals surface area contributed by atoms with E-state index in [0.717, 1.165) is 124 Å². The monoisotopic (exact) mass is 1840 g/mol. The minimum absolute atomic E-state index is 0.709. The summed E-state index contributed by atoms with van der Waals surface area (Å²) in [6.07, 6.45) is 17.2. The number of fused-ring (bicyclic) bond motifs is 7. The van der Waals surface area contributed by atoms with E-state index in [9.17, 15) is 0 Å². The number of aromatic nitrogens is 10. The maximum atomic E-state index is 6.21. The summed E-state index contributed by atoms with van der Waals surface area (Å²) in [6.45, 7) is 0. The molecule has 0 spiro atoms. The molecular formula is C96H63Cl3N12O2Pd3. The summed E-state index contributed by atoms with van der Waals surface area (Å²) in [7, 11) is 13.5. The number of nitrogens with zero attached hydrogens (tertiary/aromatic N) is 12. The first-order valence-corrected chi connectivity index (χ1v) is 42.5. The molecular weight excluding hydrogens is 1780 g/mol. The smallest absolute Gasteiger partial charge is 0.179 e. The number of rotatable bonds is 12. The van der Waals surface area contributed by atoms with Crippen LogP contribution >= 0.6 is 28.6 Å². The maximum absolute atomic E-state index is 6.21. The van der Waals surface area contributed by atoms with Crippen LogP contribution in [-0.4, -0.2) is 48.9 Å². The fourth-order valence-electron chi connectivity index (χ4n) is 14.1. The van der Waals surface area contributed by atoms with Crippen molar-refractivity contribution in [2.24, 2.45) is 0 Å². The summed E-state index contributed by atoms with van der Waals surface area (Å²) < 4.78 is 20.1. The number of anilines is 6. The van der Waals surface area contributed by atoms with Gasteiger partial charge in [-0.2, -0.15) is 27.4 Å². The van der Waals surface area contributed by atoms with Gasteiger partial charge in [0.25, 0.3) is 0 Å². The van der Waals surface area contributed by atoms with Gasteiger partial charge < -0.3 is 23.8 Å². The van der Waals surface area contributed by atoms with E-state index in [1.165, 1.54) is 38.8 Å². The summed E-state index contributed by atoms with van der Waals surface area (Å²) in [4.78, 5) is 18.1. The predicted octanol–water partition coefficient (Wildman–Crippen LogP) is 25.5. The van der Waals surface area contributed by atoms with E-state index in [-0.39, 0.29) is 0 Å². The standard InChI is InChI=1S/2C32H21N4O.C32H21N4.3ClH.3Pd/c1-2-8-23(9-3-1)24-15-17-25(18-16-24)26-21-34-35(22-26)27-10-6-11-28(20-27)36-29-12-4-5-13-30(29)37-31-14-7-19-33-32(31)36;1-2-8-23(9-3-1)24-13-15-25(16-14-24)26-21-34-35(22-26)27-17-18-31-29(20-27)36(32-12-6-7-19-33-32)28-10-4-5-11-30(28)37-31;1-2-8-23(9-3-1)24-15-17-25(18-16-24)26-21-34-35(22-26)27-10-6-11-28(20-27)36-31-14-5-4-12-29(31)30-13-7-19-33-32(30)36;;;;;;/h2*1-19,21-22H;1-19,21-22H;3*1H;;;/q3*-1;;;;3*+2/p-3. The first-order valence-electron chi connectivity index (χ1n) is 36.5. The van der Waals surface area contributed by atoms with Crippen LogP contribution in [-0.2, 0) is 54.5 Å². The van der Waals surface area contributed by atoms with Crippen LogP contribution in [0.5, 0.6) is 23.0 Å². The van der Waals surface area contributed by atoms with Crippen molar-refractivity contribution >= 4 is 84.9 Å². The Balaban J connectivity index is 0.000000126. The van der Waals surface area contributed by atoms with E-state index < -0.39 is 0 Å². The van der Waals surface area contributed by atoms with Crippen molar-refractivity contribution < 1.29 is 64.0 Å². The van der Waals surface area contributed by atoms with Gasteiger partial charge in [0.15, 0.2) is 17.3 Å². The third-order valence-corrected chi connectivity index (χ3v) is 19.5. The van der Waals surface area contributed by atoms with Gasteiger partial charge in [-0.3, -0.25) is 14.0 Å². The summed E-state index contributed by atoms with van der Waals surface area (Å²) in [5, 5.41) is 16.3. The Labute approximate surface area is 715 Å². The van der Waals surface area contributed by atoms with Crippen LogP contribution in [0.3, 0.4) is 0 Å². The number of para-hydroxylation sites is 5. The number of pyridine rings is 3. The minimum atomic E-state index is 0.709. The van der Waals surface area contributed by atoms with Crippen LogP contribution in [0.1, 0.15) is 0 Å². The molecule has 116 heavy (non-hydrogen) atoms. The Bertz CT molecular complexity index is 6370. The average molecular weight is 1840 g/mol. The van der Waals surface area contributed by atoms with Crippen LogP contribution in [0.4, 0.5) is 34.4 Å². The van der Waals surface area contributed by atoms with E-state index in [2.05, 4.69) is 329 Å². The van der Waals surface area contributed by atoms with E-state index in [1.54, 1.807) is 12.4 Å². The summed E-state index contributed by atoms with van der Waals surface area (Å²) in [6, 6.07) is 122. The van der Waals surface area contributed by atoms with E-state index >= 15 is 0 Å². The Kier molecular flexibility index (Phi) is 24.6. The summed E-state index contributed by atoms with van der Waals surface area (Å²) >= 11 is 6.67. The van der Waals surface area contributed by atoms with Gasteiger partial charge in [0.05, 0.1) is 35.5 Å². The molecule has 2 aliphatic heterocycles. The fourth-order valence-corrected chi connectivity index (χ4v) is 14.1. The van der Waals surface area contributed by atoms with Crippen molar-refractivity contribution in [1.29, 1.82) is 0 Å². The van der Waals surface area contributed by atoms with Crippen LogP contribution in [0.2, 0.25) is 0 Å². The number of hydrogen-bond donors (Lipinski definition) is 0. The number of benzene rings is 12. The molecule has 0 aliphatic carbocycles. The molecule has 0 saturated carbocycles. The molecule has 2 aliphatic rings. The number of hydrogen-bond acceptors (Lipinski definition) is 10. The van der Waals surface area contributed by atoms with Crippen molar-refractivity contribution in [1.82, 2.24) is 48.9 Å². The largest absolute Gasteiger partial charge is 0.513 e. The molecule has 570 valence electrons. The SMILES string of the molecule is [Cl][Pd+].[Cl][Pd+].[Cl][Pd+].[c-]1c(-n2cc(-c3ccc(-c4ccccc4)cc3)cn2)ccc2c1N(c1ccccn1)c1ccccc1O2.[c-]1c(-n2cc(-c3ccc(-c4ccccc4)cc3)cn2)cccc1-n1c2ccccc2c2cccnc21.[c-]1c(N2c3ccccc3Oc3cccnc32)cccc1-n1cc(-c2ccc(-c3ccccc3)cc2)cn1. The van der Waals surface area contributed by atoms with Crippen molar-refractivity contribution in [2.45, 2.75) is 0 Å². The third kappa shape index (κ3) is 16.6. The molecule has 20 heteroatoms. The van der Waals surface area contributed by atoms with Crippen LogP contribution in [0, 0.1) is 18.2 Å². The average Bonchev–Trinajstić information content (AvgIpc) is 1.49. The molecule has 9 heterocycles. The molecule has 19 aromatic rings. The molecule has 0 saturated heterocycles. The maximum Gasteiger partial charge on any atom is 0.179 e. The third-order valence-electron chi connectivity index (χ3n) is 19.5. The zero-order valence-corrected chi connectivity index (χ0v) is 68.1. The van der Waals surface area contributed by atoms with Gasteiger partial charge >= 0.3 is 83.1 Å². The van der Waals surface area contributed by atoms with Crippen LogP contribution in [0.25, 0.3) is 111 Å². The molecule has 0 amide bonds. The van der Waals surface area contributed by atoms with Gasteiger partial charge in [-0.1, -0.05) is 224 Å². The van der Waals surface area contributed by atoms with Gasteiger partial charge in [-0.05, 0) is 140 Å². The molecule has 12 aromatic carbocycles. The van der Waals surface area contributed by atoms with Crippen molar-refractivity contribution in [2.75, 3.05) is 9.80 Å². The van der Waals surface area contributed by atoms with Gasteiger partial charge in [-0.15, -0.1) is 54.6 Å². The van der Waals surface area contributed by atoms with Crippen molar-refractivity contribution in [3.63, 3.8) is 0 Å². The molecule has 0 N–H and O–H groups in total. The predicted molar refractivity (Wildman–Crippen MR) is 455 cm³/mol. The molecule has 0 bridgehead atoms. The molecule has 0 unspecified atom stereocenters. The van der Waals surface area contributed by atoms with Gasteiger partial charge in [0.1, 0.15) is 17.2 Å². The normalized spacial score (nSPS) is 11.3. The Morgan fingerprint density at radius 2 is 0.655 bits per heavy atom. The number of halogens is 3. The fraction of sp³-hybridized carbons (Fsp3) is 0. The zero-order valence-electron chi connectivity index (χ0n) is 61.1. The summed E-state index contributed by atoms with van der Waals surface area (Å²) in [5.74, 6) is 4.52. The second-order valence-corrected chi connectivity index (χ2v) is 26.3. The molecule has 21 rings (SSSR count). The van der Waals surface area contributed by atoms with Gasteiger partial charge in [-0.25, -0.2) is 15.0 Å².